The third kappa shape index (κ3) is 4.64. The Morgan fingerprint density at radius 1 is 1.05 bits per heavy atom. The van der Waals surface area contributed by atoms with Crippen LogP contribution in [0, 0.1) is 12.8 Å². The molecule has 2 N–H and O–H groups in total. The van der Waals surface area contributed by atoms with Crippen molar-refractivity contribution in [3.63, 3.8) is 0 Å². The highest BCUT2D eigenvalue weighted by atomic mass is 16.5. The van der Waals surface area contributed by atoms with Gasteiger partial charge in [-0.2, -0.15) is 0 Å². The standard InChI is InChI=1S/C38H46N2O4/c1-25(2)24-40(33(42)15-12-28-11-7-8-26(3)22-28)30-16-18-38(43)32-23-29-13-14-31(41)35-34(29)37(38,36(30)44-35)19-21-39(32)20-17-27-9-5-4-6-10-27/h4-11,13-14,22,25,30,32,36,41,43H,12,15-21,23-24H2,1-3H3/t30?,32-,36?,37+,38-/m1/s1. The second kappa shape index (κ2) is 11.2. The van der Waals surface area contributed by atoms with Gasteiger partial charge in [-0.25, -0.2) is 0 Å². The fraction of sp³-hybridized carbons (Fsp3) is 0.500. The number of rotatable bonds is 9. The number of hydrogen-bond donors (Lipinski definition) is 2. The highest BCUT2D eigenvalue weighted by Crippen LogP contribution is 2.65. The Hall–Kier alpha value is -3.35. The van der Waals surface area contributed by atoms with Crippen LogP contribution in [-0.4, -0.2) is 69.3 Å². The van der Waals surface area contributed by atoms with Crippen LogP contribution in [-0.2, 0) is 29.5 Å². The molecule has 1 saturated carbocycles. The average Bonchev–Trinajstić information content (AvgIpc) is 3.36. The van der Waals surface area contributed by atoms with Crippen LogP contribution in [0.3, 0.4) is 0 Å². The molecule has 44 heavy (non-hydrogen) atoms. The molecular weight excluding hydrogens is 548 g/mol. The van der Waals surface area contributed by atoms with E-state index in [1.54, 1.807) is 6.07 Å². The minimum Gasteiger partial charge on any atom is -0.504 e. The lowest BCUT2D eigenvalue weighted by molar-refractivity contribution is -0.201. The predicted octanol–water partition coefficient (Wildman–Crippen LogP) is 5.58. The molecule has 232 valence electrons. The summed E-state index contributed by atoms with van der Waals surface area (Å²) in [6.45, 7) is 8.80. The van der Waals surface area contributed by atoms with Crippen molar-refractivity contribution in [3.8, 4) is 11.5 Å². The van der Waals surface area contributed by atoms with Crippen LogP contribution in [0.2, 0.25) is 0 Å². The fourth-order valence-corrected chi connectivity index (χ4v) is 9.19. The molecule has 2 bridgehead atoms. The molecule has 4 aliphatic rings. The lowest BCUT2D eigenvalue weighted by atomic mass is 9.48. The van der Waals surface area contributed by atoms with E-state index in [-0.39, 0.29) is 23.7 Å². The number of likely N-dealkylation sites (tertiary alicyclic amines) is 1. The molecule has 1 amide bonds. The van der Waals surface area contributed by atoms with Crippen LogP contribution in [0.5, 0.6) is 11.5 Å². The summed E-state index contributed by atoms with van der Waals surface area (Å²) in [5.74, 6) is 1.11. The Morgan fingerprint density at radius 3 is 2.61 bits per heavy atom. The number of piperidine rings is 1. The van der Waals surface area contributed by atoms with Gasteiger partial charge in [0.2, 0.25) is 5.91 Å². The predicted molar refractivity (Wildman–Crippen MR) is 172 cm³/mol. The zero-order valence-corrected chi connectivity index (χ0v) is 26.3. The van der Waals surface area contributed by atoms with Crippen molar-refractivity contribution in [1.82, 2.24) is 9.80 Å². The average molecular weight is 595 g/mol. The highest BCUT2D eigenvalue weighted by molar-refractivity contribution is 5.77. The minimum atomic E-state index is -0.997. The van der Waals surface area contributed by atoms with Crippen molar-refractivity contribution in [1.29, 1.82) is 0 Å². The van der Waals surface area contributed by atoms with Gasteiger partial charge in [0.25, 0.3) is 0 Å². The van der Waals surface area contributed by atoms with E-state index in [0.29, 0.717) is 43.9 Å². The second-order valence-corrected chi connectivity index (χ2v) is 14.2. The number of carbonyl (C=O) groups is 1. The molecule has 2 unspecified atom stereocenters. The SMILES string of the molecule is Cc1cccc(CCC(=O)N(CC(C)C)C2CC[C@@]3(O)[C@H]4Cc5ccc(O)c6c5[C@@]3(CCN4CCc3ccccc3)C2O6)c1. The van der Waals surface area contributed by atoms with Gasteiger partial charge >= 0.3 is 0 Å². The first kappa shape index (κ1) is 29.4. The van der Waals surface area contributed by atoms with Gasteiger partial charge in [-0.1, -0.05) is 80.1 Å². The molecule has 2 aliphatic carbocycles. The molecular formula is C38H46N2O4. The van der Waals surface area contributed by atoms with Gasteiger partial charge in [-0.3, -0.25) is 9.69 Å². The molecule has 3 aromatic rings. The Kier molecular flexibility index (Phi) is 7.49. The highest BCUT2D eigenvalue weighted by Gasteiger charge is 2.73. The van der Waals surface area contributed by atoms with Gasteiger partial charge in [-0.05, 0) is 80.7 Å². The van der Waals surface area contributed by atoms with Crippen LogP contribution in [0.25, 0.3) is 0 Å². The maximum atomic E-state index is 14.1. The third-order valence-corrected chi connectivity index (χ3v) is 11.1. The third-order valence-electron chi connectivity index (χ3n) is 11.1. The maximum Gasteiger partial charge on any atom is 0.223 e. The van der Waals surface area contributed by atoms with Gasteiger partial charge in [0.05, 0.1) is 17.1 Å². The van der Waals surface area contributed by atoms with Crippen LogP contribution >= 0.6 is 0 Å². The van der Waals surface area contributed by atoms with Crippen molar-refractivity contribution in [3.05, 3.63) is 94.5 Å². The normalized spacial score (nSPS) is 28.4. The van der Waals surface area contributed by atoms with E-state index in [2.05, 4.69) is 85.2 Å². The second-order valence-electron chi connectivity index (χ2n) is 14.2. The molecule has 1 spiro atoms. The van der Waals surface area contributed by atoms with Crippen molar-refractivity contribution < 1.29 is 19.7 Å². The Balaban J connectivity index is 1.22. The number of carbonyl (C=O) groups excluding carboxylic acids is 1. The van der Waals surface area contributed by atoms with Crippen LogP contribution in [0.1, 0.15) is 67.3 Å². The number of nitrogens with zero attached hydrogens (tertiary/aromatic N) is 2. The first-order chi connectivity index (χ1) is 21.2. The van der Waals surface area contributed by atoms with E-state index in [9.17, 15) is 15.0 Å². The number of benzene rings is 3. The number of phenols is 1. The largest absolute Gasteiger partial charge is 0.504 e. The van der Waals surface area contributed by atoms with Crippen LogP contribution < -0.4 is 4.74 Å². The van der Waals surface area contributed by atoms with E-state index in [1.165, 1.54) is 22.3 Å². The zero-order valence-electron chi connectivity index (χ0n) is 26.3. The molecule has 2 aliphatic heterocycles. The van der Waals surface area contributed by atoms with Crippen molar-refractivity contribution in [2.75, 3.05) is 19.6 Å². The van der Waals surface area contributed by atoms with Crippen molar-refractivity contribution in [2.24, 2.45) is 5.92 Å². The number of aliphatic hydroxyl groups is 1. The molecule has 0 radical (unpaired) electrons. The number of hydrogen-bond acceptors (Lipinski definition) is 5. The van der Waals surface area contributed by atoms with E-state index < -0.39 is 17.1 Å². The van der Waals surface area contributed by atoms with E-state index in [4.69, 9.17) is 4.74 Å². The molecule has 1 saturated heterocycles. The molecule has 3 aromatic carbocycles. The van der Waals surface area contributed by atoms with E-state index in [1.807, 2.05) is 6.07 Å². The lowest BCUT2D eigenvalue weighted by Gasteiger charge is -2.65. The summed E-state index contributed by atoms with van der Waals surface area (Å²) in [5, 5.41) is 24.0. The molecule has 7 rings (SSSR count). The quantitative estimate of drug-likeness (QED) is 0.338. The van der Waals surface area contributed by atoms with Gasteiger partial charge in [0.15, 0.2) is 11.5 Å². The van der Waals surface area contributed by atoms with E-state index >= 15 is 0 Å². The van der Waals surface area contributed by atoms with Gasteiger partial charge < -0.3 is 19.8 Å². The Labute approximate surface area is 261 Å². The first-order valence-corrected chi connectivity index (χ1v) is 16.6. The summed E-state index contributed by atoms with van der Waals surface area (Å²) in [7, 11) is 0. The number of phenolic OH excluding ortho intramolecular Hbond substituents is 1. The maximum absolute atomic E-state index is 14.1. The molecule has 5 atom stereocenters. The minimum absolute atomic E-state index is 0.0365. The molecule has 6 heteroatoms. The van der Waals surface area contributed by atoms with Gasteiger partial charge in [-0.15, -0.1) is 0 Å². The lowest BCUT2D eigenvalue weighted by Crippen LogP contribution is -2.78. The number of aromatic hydroxyl groups is 1. The fourth-order valence-electron chi connectivity index (χ4n) is 9.19. The Morgan fingerprint density at radius 2 is 1.84 bits per heavy atom. The molecule has 2 heterocycles. The van der Waals surface area contributed by atoms with Gasteiger partial charge in [0.1, 0.15) is 6.10 Å². The van der Waals surface area contributed by atoms with Crippen LogP contribution in [0.15, 0.2) is 66.7 Å². The topological polar surface area (TPSA) is 73.2 Å². The van der Waals surface area contributed by atoms with Crippen LogP contribution in [0.4, 0.5) is 0 Å². The summed E-state index contributed by atoms with van der Waals surface area (Å²) in [5.41, 5.74) is 4.21. The summed E-state index contributed by atoms with van der Waals surface area (Å²) in [6, 6.07) is 22.6. The summed E-state index contributed by atoms with van der Waals surface area (Å²) in [6.07, 6.45) is 4.45. The van der Waals surface area contributed by atoms with E-state index in [0.717, 1.165) is 37.9 Å². The van der Waals surface area contributed by atoms with Crippen molar-refractivity contribution >= 4 is 5.91 Å². The summed E-state index contributed by atoms with van der Waals surface area (Å²) >= 11 is 0. The Bertz CT molecular complexity index is 1540. The smallest absolute Gasteiger partial charge is 0.223 e. The van der Waals surface area contributed by atoms with Crippen molar-refractivity contribution in [2.45, 2.75) is 94.9 Å². The van der Waals surface area contributed by atoms with Gasteiger partial charge in [0, 0.05) is 31.1 Å². The monoisotopic (exact) mass is 594 g/mol. The number of ether oxygens (including phenoxy) is 1. The number of aryl methyl sites for hydroxylation is 2. The molecule has 2 fully saturated rings. The first-order valence-electron chi connectivity index (χ1n) is 16.6. The zero-order chi connectivity index (χ0) is 30.6. The summed E-state index contributed by atoms with van der Waals surface area (Å²) in [4.78, 5) is 18.7. The number of amides is 1. The molecule has 6 nitrogen and oxygen atoms in total. The summed E-state index contributed by atoms with van der Waals surface area (Å²) < 4.78 is 6.82. The molecule has 0 aromatic heterocycles.